The molecular formula is C31H33F3N4O4. The van der Waals surface area contributed by atoms with Gasteiger partial charge >= 0.3 is 12.2 Å². The normalized spacial score (nSPS) is 18.1. The molecule has 8 nitrogen and oxygen atoms in total. The van der Waals surface area contributed by atoms with Crippen molar-refractivity contribution in [2.75, 3.05) is 32.1 Å². The van der Waals surface area contributed by atoms with Crippen molar-refractivity contribution < 1.29 is 32.6 Å². The highest BCUT2D eigenvalue weighted by Crippen LogP contribution is 2.30. The largest absolute Gasteiger partial charge is 0.472 e. The van der Waals surface area contributed by atoms with Crippen LogP contribution in [0.1, 0.15) is 40.9 Å². The van der Waals surface area contributed by atoms with Crippen molar-refractivity contribution in [1.82, 2.24) is 14.8 Å². The number of benzene rings is 2. The summed E-state index contributed by atoms with van der Waals surface area (Å²) in [5, 5.41) is 12.5. The van der Waals surface area contributed by atoms with E-state index in [-0.39, 0.29) is 48.7 Å². The number of urea groups is 1. The van der Waals surface area contributed by atoms with Crippen molar-refractivity contribution in [3.63, 3.8) is 0 Å². The molecule has 0 saturated heterocycles. The molecule has 1 aliphatic heterocycles. The molecule has 0 aliphatic carbocycles. The van der Waals surface area contributed by atoms with Gasteiger partial charge in [-0.25, -0.2) is 9.78 Å². The zero-order valence-electron chi connectivity index (χ0n) is 23.5. The van der Waals surface area contributed by atoms with Gasteiger partial charge in [-0.3, -0.25) is 4.79 Å². The van der Waals surface area contributed by atoms with Crippen molar-refractivity contribution in [3.8, 4) is 5.88 Å². The number of ether oxygens (including phenoxy) is 1. The first-order chi connectivity index (χ1) is 20.0. The molecular weight excluding hydrogens is 549 g/mol. The van der Waals surface area contributed by atoms with Crippen molar-refractivity contribution in [1.29, 1.82) is 0 Å². The third-order valence-corrected chi connectivity index (χ3v) is 7.07. The van der Waals surface area contributed by atoms with Gasteiger partial charge in [0.25, 0.3) is 5.91 Å². The second-order valence-corrected chi connectivity index (χ2v) is 10.4. The highest BCUT2D eigenvalue weighted by atomic mass is 19.4. The molecule has 2 heterocycles. The van der Waals surface area contributed by atoms with E-state index in [0.29, 0.717) is 5.56 Å². The second kappa shape index (κ2) is 13.1. The molecule has 1 aliphatic rings. The number of anilines is 1. The van der Waals surface area contributed by atoms with Gasteiger partial charge in [-0.2, -0.15) is 13.2 Å². The maximum atomic E-state index is 13.6. The van der Waals surface area contributed by atoms with Gasteiger partial charge in [0.15, 0.2) is 0 Å². The van der Waals surface area contributed by atoms with Crippen LogP contribution in [-0.4, -0.2) is 70.7 Å². The molecule has 0 fully saturated rings. The number of halogens is 3. The standard InChI is InChI=1S/C31H33F3N4O4/c1-20-17-38(21(2)19-39)29(40)26-15-23(10-9-22-7-5-4-6-8-22)16-35-28(26)42-27(20)18-37(3)30(41)36-25-13-11-24(12-14-25)31(32,33)34/h4-16,20-21,27,39H,17-19H2,1-3H3,(H,36,41)/b10-9+/t20-,21-,27+/m1/s1. The summed E-state index contributed by atoms with van der Waals surface area (Å²) < 4.78 is 44.9. The number of carbonyl (C=O) groups excluding carboxylic acids is 2. The lowest BCUT2D eigenvalue weighted by molar-refractivity contribution is -0.137. The zero-order chi connectivity index (χ0) is 30.4. The number of carbonyl (C=O) groups is 2. The molecule has 0 saturated carbocycles. The molecule has 0 radical (unpaired) electrons. The van der Waals surface area contributed by atoms with Crippen molar-refractivity contribution >= 4 is 29.8 Å². The van der Waals surface area contributed by atoms with E-state index >= 15 is 0 Å². The summed E-state index contributed by atoms with van der Waals surface area (Å²) in [6.07, 6.45) is 0.272. The number of nitrogens with zero attached hydrogens (tertiary/aromatic N) is 3. The molecule has 4 rings (SSSR count). The second-order valence-electron chi connectivity index (χ2n) is 10.4. The first-order valence-corrected chi connectivity index (χ1v) is 13.5. The molecule has 3 amide bonds. The Labute approximate surface area is 242 Å². The number of fused-ring (bicyclic) bond motifs is 1. The van der Waals surface area contributed by atoms with Crippen LogP contribution in [0.2, 0.25) is 0 Å². The van der Waals surface area contributed by atoms with E-state index in [0.717, 1.165) is 17.7 Å². The van der Waals surface area contributed by atoms with Crippen molar-refractivity contribution in [3.05, 3.63) is 89.1 Å². The number of aliphatic hydroxyl groups is 1. The summed E-state index contributed by atoms with van der Waals surface area (Å²) >= 11 is 0. The van der Waals surface area contributed by atoms with Gasteiger partial charge in [-0.15, -0.1) is 0 Å². The van der Waals surface area contributed by atoms with Gasteiger partial charge < -0.3 is 25.0 Å². The van der Waals surface area contributed by atoms with Gasteiger partial charge in [-0.05, 0) is 48.4 Å². The molecule has 2 N–H and O–H groups in total. The summed E-state index contributed by atoms with van der Waals surface area (Å²) in [6.45, 7) is 3.73. The molecule has 2 aromatic carbocycles. The lowest BCUT2D eigenvalue weighted by Crippen LogP contribution is -2.50. The fourth-order valence-electron chi connectivity index (χ4n) is 4.50. The Balaban J connectivity index is 1.55. The van der Waals surface area contributed by atoms with Crippen LogP contribution in [0.3, 0.4) is 0 Å². The molecule has 3 atom stereocenters. The maximum Gasteiger partial charge on any atom is 0.416 e. The number of aromatic nitrogens is 1. The van der Waals surface area contributed by atoms with Crippen molar-refractivity contribution in [2.45, 2.75) is 32.2 Å². The van der Waals surface area contributed by atoms with E-state index in [1.165, 1.54) is 17.0 Å². The Bertz CT molecular complexity index is 1410. The van der Waals surface area contributed by atoms with Crippen LogP contribution in [-0.2, 0) is 6.18 Å². The highest BCUT2D eigenvalue weighted by Gasteiger charge is 2.35. The fraction of sp³-hybridized carbons (Fsp3) is 0.323. The van der Waals surface area contributed by atoms with Gasteiger partial charge in [0.2, 0.25) is 5.88 Å². The number of alkyl halides is 3. The lowest BCUT2D eigenvalue weighted by Gasteiger charge is -2.37. The van der Waals surface area contributed by atoms with E-state index in [2.05, 4.69) is 10.3 Å². The topological polar surface area (TPSA) is 95.0 Å². The van der Waals surface area contributed by atoms with E-state index in [9.17, 15) is 27.9 Å². The molecule has 0 spiro atoms. The van der Waals surface area contributed by atoms with E-state index in [1.54, 1.807) is 31.1 Å². The molecule has 42 heavy (non-hydrogen) atoms. The molecule has 3 aromatic rings. The number of amides is 3. The van der Waals surface area contributed by atoms with E-state index in [1.807, 2.05) is 49.4 Å². The molecule has 222 valence electrons. The number of rotatable bonds is 7. The third kappa shape index (κ3) is 7.47. The van der Waals surface area contributed by atoms with Gasteiger partial charge in [-0.1, -0.05) is 49.4 Å². The maximum absolute atomic E-state index is 13.6. The SMILES string of the molecule is C[C@@H]1CN([C@H](C)CO)C(=O)c2cc(/C=C/c3ccccc3)cnc2O[C@H]1CN(C)C(=O)Nc1ccc(C(F)(F)F)cc1. The summed E-state index contributed by atoms with van der Waals surface area (Å²) in [7, 11) is 1.54. The fourth-order valence-corrected chi connectivity index (χ4v) is 4.50. The summed E-state index contributed by atoms with van der Waals surface area (Å²) in [6, 6.07) is 14.5. The lowest BCUT2D eigenvalue weighted by atomic mass is 10.00. The molecule has 0 bridgehead atoms. The quantitative estimate of drug-likeness (QED) is 0.375. The van der Waals surface area contributed by atoms with Crippen LogP contribution in [0.15, 0.2) is 66.9 Å². The number of hydrogen-bond donors (Lipinski definition) is 2. The van der Waals surface area contributed by atoms with Crippen LogP contribution in [0.5, 0.6) is 5.88 Å². The monoisotopic (exact) mass is 582 g/mol. The number of nitrogens with one attached hydrogen (secondary N) is 1. The van der Waals surface area contributed by atoms with E-state index in [4.69, 9.17) is 4.74 Å². The van der Waals surface area contributed by atoms with Crippen LogP contribution in [0.4, 0.5) is 23.7 Å². The van der Waals surface area contributed by atoms with Crippen LogP contribution < -0.4 is 10.1 Å². The molecule has 0 unspecified atom stereocenters. The van der Waals surface area contributed by atoms with Crippen LogP contribution in [0.25, 0.3) is 12.2 Å². The number of aliphatic hydroxyl groups excluding tert-OH is 1. The number of hydrogen-bond acceptors (Lipinski definition) is 5. The predicted molar refractivity (Wildman–Crippen MR) is 154 cm³/mol. The zero-order valence-corrected chi connectivity index (χ0v) is 23.5. The van der Waals surface area contributed by atoms with Gasteiger partial charge in [0, 0.05) is 31.4 Å². The van der Waals surface area contributed by atoms with Gasteiger partial charge in [0.05, 0.1) is 24.8 Å². The minimum Gasteiger partial charge on any atom is -0.472 e. The summed E-state index contributed by atoms with van der Waals surface area (Å²) in [5.41, 5.74) is 1.30. The number of pyridine rings is 1. The van der Waals surface area contributed by atoms with Crippen LogP contribution in [0, 0.1) is 5.92 Å². The van der Waals surface area contributed by atoms with Crippen LogP contribution >= 0.6 is 0 Å². The number of likely N-dealkylation sites (N-methyl/N-ethyl adjacent to an activating group) is 1. The Morgan fingerprint density at radius 3 is 2.48 bits per heavy atom. The minimum absolute atomic E-state index is 0.0972. The minimum atomic E-state index is -4.48. The average Bonchev–Trinajstić information content (AvgIpc) is 2.97. The smallest absolute Gasteiger partial charge is 0.416 e. The first kappa shape index (κ1) is 30.6. The summed E-state index contributed by atoms with van der Waals surface area (Å²) in [4.78, 5) is 33.9. The average molecular weight is 583 g/mol. The first-order valence-electron chi connectivity index (χ1n) is 13.5. The predicted octanol–water partition coefficient (Wildman–Crippen LogP) is 5.65. The summed E-state index contributed by atoms with van der Waals surface area (Å²) in [5.74, 6) is -0.482. The van der Waals surface area contributed by atoms with Gasteiger partial charge in [0.1, 0.15) is 11.7 Å². The molecule has 1 aromatic heterocycles. The Hall–Kier alpha value is -4.38. The Morgan fingerprint density at radius 2 is 1.83 bits per heavy atom. The highest BCUT2D eigenvalue weighted by molar-refractivity contribution is 5.97. The Morgan fingerprint density at radius 1 is 1.17 bits per heavy atom. The Kier molecular flexibility index (Phi) is 9.52. The molecule has 11 heteroatoms. The van der Waals surface area contributed by atoms with E-state index < -0.39 is 29.9 Å². The van der Waals surface area contributed by atoms with Crippen molar-refractivity contribution in [2.24, 2.45) is 5.92 Å². The third-order valence-electron chi connectivity index (χ3n) is 7.07.